The van der Waals surface area contributed by atoms with Crippen LogP contribution in [0.15, 0.2) is 53.0 Å². The molecule has 2 aromatic rings. The number of nitrogens with one attached hydrogen (secondary N) is 2. The van der Waals surface area contributed by atoms with E-state index in [4.69, 9.17) is 4.74 Å². The number of rotatable bonds is 4. The van der Waals surface area contributed by atoms with Crippen LogP contribution in [0.2, 0.25) is 0 Å². The van der Waals surface area contributed by atoms with Crippen molar-refractivity contribution in [3.05, 3.63) is 64.4 Å². The van der Waals surface area contributed by atoms with Gasteiger partial charge in [-0.25, -0.2) is 4.39 Å². The van der Waals surface area contributed by atoms with E-state index >= 15 is 0 Å². The molecule has 0 saturated carbocycles. The molecule has 2 rings (SSSR count). The number of amides is 2. The first kappa shape index (κ1) is 17.0. The van der Waals surface area contributed by atoms with Crippen LogP contribution in [0.25, 0.3) is 0 Å². The Morgan fingerprint density at radius 2 is 1.74 bits per heavy atom. The van der Waals surface area contributed by atoms with E-state index in [0.29, 0.717) is 5.56 Å². The summed E-state index contributed by atoms with van der Waals surface area (Å²) in [6, 6.07) is 12.4. The first-order valence-corrected chi connectivity index (χ1v) is 7.53. The molecule has 0 fully saturated rings. The second-order valence-electron chi connectivity index (χ2n) is 4.64. The summed E-state index contributed by atoms with van der Waals surface area (Å²) < 4.78 is 19.5. The third kappa shape index (κ3) is 4.79. The topological polar surface area (TPSA) is 67.4 Å². The van der Waals surface area contributed by atoms with Crippen LogP contribution in [0.3, 0.4) is 0 Å². The minimum Gasteiger partial charge on any atom is -0.478 e. The van der Waals surface area contributed by atoms with Crippen LogP contribution in [-0.2, 0) is 4.79 Å². The number of halogens is 2. The molecular formula is C16H14BrFN2O3. The van der Waals surface area contributed by atoms with Crippen molar-refractivity contribution in [1.82, 2.24) is 10.9 Å². The van der Waals surface area contributed by atoms with E-state index in [1.165, 1.54) is 25.1 Å². The molecule has 0 aliphatic rings. The Bertz CT molecular complexity index is 707. The highest BCUT2D eigenvalue weighted by Crippen LogP contribution is 2.16. The highest BCUT2D eigenvalue weighted by Gasteiger charge is 2.17. The van der Waals surface area contributed by atoms with E-state index in [-0.39, 0.29) is 5.75 Å². The van der Waals surface area contributed by atoms with E-state index in [9.17, 15) is 14.0 Å². The fourth-order valence-corrected chi connectivity index (χ4v) is 1.94. The van der Waals surface area contributed by atoms with E-state index < -0.39 is 23.7 Å². The number of hydrazine groups is 1. The molecule has 23 heavy (non-hydrogen) atoms. The van der Waals surface area contributed by atoms with Gasteiger partial charge in [-0.1, -0.05) is 28.1 Å². The second kappa shape index (κ2) is 7.73. The van der Waals surface area contributed by atoms with Gasteiger partial charge >= 0.3 is 0 Å². The lowest BCUT2D eigenvalue weighted by atomic mass is 10.2. The SMILES string of the molecule is CC(Oc1ccccc1F)C(=O)NNC(=O)c1ccc(Br)cc1. The molecule has 0 bridgehead atoms. The van der Waals surface area contributed by atoms with Gasteiger partial charge in [0, 0.05) is 10.0 Å². The van der Waals surface area contributed by atoms with E-state index in [2.05, 4.69) is 26.8 Å². The molecule has 2 N–H and O–H groups in total. The highest BCUT2D eigenvalue weighted by atomic mass is 79.9. The largest absolute Gasteiger partial charge is 0.478 e. The molecule has 1 unspecified atom stereocenters. The molecule has 0 aliphatic carbocycles. The molecule has 5 nitrogen and oxygen atoms in total. The predicted molar refractivity (Wildman–Crippen MR) is 86.2 cm³/mol. The van der Waals surface area contributed by atoms with Gasteiger partial charge in [0.25, 0.3) is 11.8 Å². The quantitative estimate of drug-likeness (QED) is 0.801. The van der Waals surface area contributed by atoms with Gasteiger partial charge in [0.1, 0.15) is 0 Å². The van der Waals surface area contributed by atoms with Gasteiger partial charge in [-0.2, -0.15) is 0 Å². The molecule has 0 spiro atoms. The summed E-state index contributed by atoms with van der Waals surface area (Å²) in [6.45, 7) is 1.45. The van der Waals surface area contributed by atoms with Crippen LogP contribution in [0.1, 0.15) is 17.3 Å². The molecule has 120 valence electrons. The van der Waals surface area contributed by atoms with Crippen molar-refractivity contribution in [3.63, 3.8) is 0 Å². The normalized spacial score (nSPS) is 11.4. The fraction of sp³-hybridized carbons (Fsp3) is 0.125. The third-order valence-electron chi connectivity index (χ3n) is 2.92. The van der Waals surface area contributed by atoms with Crippen LogP contribution < -0.4 is 15.6 Å². The van der Waals surface area contributed by atoms with Crippen molar-refractivity contribution in [2.45, 2.75) is 13.0 Å². The Labute approximate surface area is 140 Å². The van der Waals surface area contributed by atoms with Gasteiger partial charge < -0.3 is 4.74 Å². The van der Waals surface area contributed by atoms with Crippen LogP contribution in [-0.4, -0.2) is 17.9 Å². The summed E-state index contributed by atoms with van der Waals surface area (Å²) in [5.41, 5.74) is 4.89. The highest BCUT2D eigenvalue weighted by molar-refractivity contribution is 9.10. The van der Waals surface area contributed by atoms with Crippen molar-refractivity contribution < 1.29 is 18.7 Å². The Morgan fingerprint density at radius 3 is 2.39 bits per heavy atom. The molecule has 0 aliphatic heterocycles. The van der Waals surface area contributed by atoms with Crippen molar-refractivity contribution in [2.24, 2.45) is 0 Å². The molecule has 0 radical (unpaired) electrons. The number of hydrogen-bond acceptors (Lipinski definition) is 3. The monoisotopic (exact) mass is 380 g/mol. The Kier molecular flexibility index (Phi) is 5.70. The lowest BCUT2D eigenvalue weighted by Gasteiger charge is -2.15. The zero-order valence-corrected chi connectivity index (χ0v) is 13.8. The van der Waals surface area contributed by atoms with Crippen molar-refractivity contribution in [1.29, 1.82) is 0 Å². The van der Waals surface area contributed by atoms with Gasteiger partial charge in [0.05, 0.1) is 0 Å². The van der Waals surface area contributed by atoms with Crippen molar-refractivity contribution in [3.8, 4) is 5.75 Å². The first-order valence-electron chi connectivity index (χ1n) is 6.74. The minimum atomic E-state index is -0.975. The summed E-state index contributed by atoms with van der Waals surface area (Å²) in [5, 5.41) is 0. The smallest absolute Gasteiger partial charge is 0.279 e. The average molecular weight is 381 g/mol. The van der Waals surface area contributed by atoms with Gasteiger partial charge in [0.15, 0.2) is 17.7 Å². The Morgan fingerprint density at radius 1 is 1.09 bits per heavy atom. The average Bonchev–Trinajstić information content (AvgIpc) is 2.55. The fourth-order valence-electron chi connectivity index (χ4n) is 1.68. The van der Waals surface area contributed by atoms with Gasteiger partial charge in [-0.3, -0.25) is 20.4 Å². The summed E-state index contributed by atoms with van der Waals surface area (Å²) in [7, 11) is 0. The molecule has 2 aromatic carbocycles. The maximum absolute atomic E-state index is 13.5. The maximum atomic E-state index is 13.5. The first-order chi connectivity index (χ1) is 11.0. The minimum absolute atomic E-state index is 0.0330. The zero-order chi connectivity index (χ0) is 16.8. The Hall–Kier alpha value is -2.41. The summed E-state index contributed by atoms with van der Waals surface area (Å²) in [5.74, 6) is -1.66. The zero-order valence-electron chi connectivity index (χ0n) is 12.2. The van der Waals surface area contributed by atoms with E-state index in [1.54, 1.807) is 30.3 Å². The van der Waals surface area contributed by atoms with Crippen molar-refractivity contribution >= 4 is 27.7 Å². The number of para-hydroxylation sites is 1. The van der Waals surface area contributed by atoms with Gasteiger partial charge in [-0.15, -0.1) is 0 Å². The molecular weight excluding hydrogens is 367 g/mol. The number of hydrogen-bond donors (Lipinski definition) is 2. The second-order valence-corrected chi connectivity index (χ2v) is 5.56. The van der Waals surface area contributed by atoms with Crippen molar-refractivity contribution in [2.75, 3.05) is 0 Å². The van der Waals surface area contributed by atoms with E-state index in [1.807, 2.05) is 0 Å². The number of carbonyl (C=O) groups excluding carboxylic acids is 2. The van der Waals surface area contributed by atoms with Crippen LogP contribution in [0.5, 0.6) is 5.75 Å². The number of carbonyl (C=O) groups is 2. The van der Waals surface area contributed by atoms with Crippen LogP contribution in [0, 0.1) is 5.82 Å². The molecule has 0 saturated heterocycles. The van der Waals surface area contributed by atoms with Crippen LogP contribution in [0.4, 0.5) is 4.39 Å². The third-order valence-corrected chi connectivity index (χ3v) is 3.44. The summed E-state index contributed by atoms with van der Waals surface area (Å²) in [4.78, 5) is 23.7. The molecule has 0 heterocycles. The molecule has 2 amide bonds. The number of benzene rings is 2. The Balaban J connectivity index is 1.87. The number of ether oxygens (including phenoxy) is 1. The van der Waals surface area contributed by atoms with Gasteiger partial charge in [0.2, 0.25) is 0 Å². The summed E-state index contributed by atoms with van der Waals surface area (Å²) >= 11 is 3.26. The standard InChI is InChI=1S/C16H14BrFN2O3/c1-10(23-14-5-3-2-4-13(14)18)15(21)19-20-16(22)11-6-8-12(17)9-7-11/h2-10H,1H3,(H,19,21)(H,20,22). The lowest BCUT2D eigenvalue weighted by molar-refractivity contribution is -0.128. The molecule has 7 heteroatoms. The summed E-state index contributed by atoms with van der Waals surface area (Å²) in [6.07, 6.45) is -0.975. The molecule has 0 aromatic heterocycles. The van der Waals surface area contributed by atoms with Gasteiger partial charge in [-0.05, 0) is 43.3 Å². The predicted octanol–water partition coefficient (Wildman–Crippen LogP) is 2.82. The van der Waals surface area contributed by atoms with Crippen LogP contribution >= 0.6 is 15.9 Å². The maximum Gasteiger partial charge on any atom is 0.279 e. The lowest BCUT2D eigenvalue weighted by Crippen LogP contribution is -2.47. The van der Waals surface area contributed by atoms with E-state index in [0.717, 1.165) is 4.47 Å². The molecule has 1 atom stereocenters.